The molecule has 9 nitrogen and oxygen atoms in total. The Hall–Kier alpha value is -0.360. The quantitative estimate of drug-likeness (QED) is 0.208. The first-order chi connectivity index (χ1) is 21.8. The third kappa shape index (κ3) is 33.3. The third-order valence-electron chi connectivity index (χ3n) is 8.16. The van der Waals surface area contributed by atoms with Crippen molar-refractivity contribution in [2.75, 3.05) is 128 Å². The second-order valence-electron chi connectivity index (χ2n) is 12.8. The van der Waals surface area contributed by atoms with Crippen molar-refractivity contribution in [1.29, 1.82) is 0 Å². The second kappa shape index (κ2) is 36.5. The van der Waals surface area contributed by atoms with E-state index in [-0.39, 0.29) is 0 Å². The van der Waals surface area contributed by atoms with Gasteiger partial charge in [0.15, 0.2) is 0 Å². The highest BCUT2D eigenvalue weighted by Gasteiger charge is 2.21. The Kier molecular flexibility index (Phi) is 37.9. The third-order valence-corrected chi connectivity index (χ3v) is 8.16. The standard InChI is InChI=1S/C8H17NO.C7H15NO.C7H16O.C5H11NO.C5H10O.C4H10O/c1-10-8-7-9-5-3-2-4-6-9;1-9-7-6-8-4-2-3-5-8;1-7(2)5-4-6-8-3;1-6-3-5(4-6)7-2;1-6-5-3-2-4-5;1-3-4-5-2/h2-8H2,1H3;2-7H2,1H3;7H,4-6H2,1-3H3;5H,3-4H2,1-2H3;5H,2-4H2,1H3;3-4H2,1-2H3. The molecule has 3 heterocycles. The van der Waals surface area contributed by atoms with Gasteiger partial charge >= 0.3 is 0 Å². The van der Waals surface area contributed by atoms with Gasteiger partial charge < -0.3 is 43.1 Å². The van der Waals surface area contributed by atoms with Gasteiger partial charge in [-0.15, -0.1) is 0 Å². The van der Waals surface area contributed by atoms with Crippen molar-refractivity contribution in [3.8, 4) is 0 Å². The second-order valence-corrected chi connectivity index (χ2v) is 12.8. The lowest BCUT2D eigenvalue weighted by Gasteiger charge is -2.34. The lowest BCUT2D eigenvalue weighted by Crippen LogP contribution is -2.48. The summed E-state index contributed by atoms with van der Waals surface area (Å²) in [4.78, 5) is 7.16. The van der Waals surface area contributed by atoms with Crippen LogP contribution in [0.15, 0.2) is 0 Å². The van der Waals surface area contributed by atoms with Gasteiger partial charge in [-0.2, -0.15) is 0 Å². The Bertz CT molecular complexity index is 534. The first-order valence-electron chi connectivity index (χ1n) is 18.0. The number of hydrogen-bond donors (Lipinski definition) is 0. The highest BCUT2D eigenvalue weighted by atomic mass is 16.5. The SMILES string of the molecule is CCCOC.COC1CCC1.COC1CN(C)C1.COCCCC(C)C.COCCN1CCCC1.COCCN1CCCCC1. The summed E-state index contributed by atoms with van der Waals surface area (Å²) in [6.45, 7) is 19.7. The molecule has 1 aliphatic carbocycles. The summed E-state index contributed by atoms with van der Waals surface area (Å²) < 4.78 is 29.5. The van der Waals surface area contributed by atoms with Crippen molar-refractivity contribution in [1.82, 2.24) is 14.7 Å². The number of likely N-dealkylation sites (tertiary alicyclic amines) is 3. The van der Waals surface area contributed by atoms with Crippen LogP contribution >= 0.6 is 0 Å². The normalized spacial score (nSPS) is 18.7. The van der Waals surface area contributed by atoms with E-state index in [1.807, 2.05) is 0 Å². The minimum absolute atomic E-state index is 0.519. The molecule has 9 heteroatoms. The Morgan fingerprint density at radius 1 is 0.578 bits per heavy atom. The molecule has 0 radical (unpaired) electrons. The van der Waals surface area contributed by atoms with Crippen molar-refractivity contribution < 1.29 is 28.4 Å². The van der Waals surface area contributed by atoms with Crippen molar-refractivity contribution >= 4 is 0 Å². The summed E-state index contributed by atoms with van der Waals surface area (Å²) in [5, 5.41) is 0. The fourth-order valence-corrected chi connectivity index (χ4v) is 4.87. The number of methoxy groups -OCH3 is 6. The Morgan fingerprint density at radius 2 is 1.02 bits per heavy atom. The van der Waals surface area contributed by atoms with Crippen LogP contribution in [0.25, 0.3) is 0 Å². The molecule has 4 rings (SSSR count). The van der Waals surface area contributed by atoms with E-state index in [4.69, 9.17) is 28.4 Å². The molecule has 0 aromatic rings. The number of nitrogens with zero attached hydrogens (tertiary/aromatic N) is 3. The Morgan fingerprint density at radius 3 is 1.27 bits per heavy atom. The Balaban J connectivity index is 0. The number of hydrogen-bond acceptors (Lipinski definition) is 9. The summed E-state index contributed by atoms with van der Waals surface area (Å²) in [6.07, 6.45) is 15.6. The zero-order valence-corrected chi connectivity index (χ0v) is 31.8. The van der Waals surface area contributed by atoms with Crippen molar-refractivity contribution in [3.05, 3.63) is 0 Å². The van der Waals surface area contributed by atoms with Crippen molar-refractivity contribution in [3.63, 3.8) is 0 Å². The molecule has 4 aliphatic rings. The minimum Gasteiger partial charge on any atom is -0.385 e. The van der Waals surface area contributed by atoms with E-state index in [1.54, 1.807) is 42.7 Å². The maximum atomic E-state index is 5.01. The van der Waals surface area contributed by atoms with Gasteiger partial charge in [0.2, 0.25) is 0 Å². The van der Waals surface area contributed by atoms with Crippen LogP contribution in [0.3, 0.4) is 0 Å². The molecule has 0 N–H and O–H groups in total. The van der Waals surface area contributed by atoms with Gasteiger partial charge in [-0.1, -0.05) is 27.2 Å². The van der Waals surface area contributed by atoms with Crippen LogP contribution in [0.1, 0.15) is 91.4 Å². The first-order valence-corrected chi connectivity index (χ1v) is 18.0. The van der Waals surface area contributed by atoms with Gasteiger partial charge in [-0.3, -0.25) is 0 Å². The van der Waals surface area contributed by atoms with E-state index in [0.29, 0.717) is 12.2 Å². The molecule has 0 bridgehead atoms. The van der Waals surface area contributed by atoms with Crippen LogP contribution in [0.5, 0.6) is 0 Å². The van der Waals surface area contributed by atoms with E-state index in [1.165, 1.54) is 90.4 Å². The van der Waals surface area contributed by atoms with Gasteiger partial charge in [-0.25, -0.2) is 0 Å². The average Bonchev–Trinajstić information content (AvgIpc) is 3.53. The molecular weight excluding hydrogens is 570 g/mol. The smallest absolute Gasteiger partial charge is 0.0824 e. The lowest BCUT2D eigenvalue weighted by atomic mass is 9.96. The molecule has 0 amide bonds. The van der Waals surface area contributed by atoms with Gasteiger partial charge in [0.1, 0.15) is 0 Å². The molecule has 0 aromatic heterocycles. The largest absolute Gasteiger partial charge is 0.385 e. The average molecular weight is 650 g/mol. The summed E-state index contributed by atoms with van der Waals surface area (Å²) in [6, 6.07) is 0. The summed E-state index contributed by atoms with van der Waals surface area (Å²) in [5.74, 6) is 0.824. The summed E-state index contributed by atoms with van der Waals surface area (Å²) in [5.41, 5.74) is 0. The fraction of sp³-hybridized carbons (Fsp3) is 1.00. The molecule has 0 unspecified atom stereocenters. The number of rotatable bonds is 14. The van der Waals surface area contributed by atoms with E-state index >= 15 is 0 Å². The number of likely N-dealkylation sites (N-methyl/N-ethyl adjacent to an activating group) is 1. The lowest BCUT2D eigenvalue weighted by molar-refractivity contribution is -0.0155. The molecule has 4 fully saturated rings. The van der Waals surface area contributed by atoms with Crippen LogP contribution in [-0.4, -0.2) is 155 Å². The van der Waals surface area contributed by atoms with Gasteiger partial charge in [0.25, 0.3) is 0 Å². The molecule has 3 saturated heterocycles. The summed E-state index contributed by atoms with van der Waals surface area (Å²) >= 11 is 0. The monoisotopic (exact) mass is 650 g/mol. The topological polar surface area (TPSA) is 65.1 Å². The Labute approximate surface area is 280 Å². The fourth-order valence-electron chi connectivity index (χ4n) is 4.87. The van der Waals surface area contributed by atoms with Gasteiger partial charge in [-0.05, 0) is 103 Å². The molecule has 274 valence electrons. The van der Waals surface area contributed by atoms with Crippen LogP contribution in [0, 0.1) is 5.92 Å². The predicted molar refractivity (Wildman–Crippen MR) is 191 cm³/mol. The number of piperidine rings is 1. The van der Waals surface area contributed by atoms with E-state index in [0.717, 1.165) is 64.9 Å². The molecule has 0 aromatic carbocycles. The van der Waals surface area contributed by atoms with Crippen LogP contribution < -0.4 is 0 Å². The van der Waals surface area contributed by atoms with Crippen LogP contribution in [-0.2, 0) is 28.4 Å². The van der Waals surface area contributed by atoms with E-state index in [9.17, 15) is 0 Å². The van der Waals surface area contributed by atoms with E-state index in [2.05, 4.69) is 42.5 Å². The first kappa shape index (κ1) is 46.8. The number of ether oxygens (including phenoxy) is 6. The molecule has 1 saturated carbocycles. The maximum Gasteiger partial charge on any atom is 0.0824 e. The molecule has 0 atom stereocenters. The van der Waals surface area contributed by atoms with E-state index < -0.39 is 0 Å². The molecule has 45 heavy (non-hydrogen) atoms. The zero-order chi connectivity index (χ0) is 34.0. The highest BCUT2D eigenvalue weighted by Crippen LogP contribution is 2.20. The minimum atomic E-state index is 0.519. The van der Waals surface area contributed by atoms with Crippen LogP contribution in [0.2, 0.25) is 0 Å². The predicted octanol–water partition coefficient (Wildman–Crippen LogP) is 6.09. The van der Waals surface area contributed by atoms with Gasteiger partial charge in [0.05, 0.1) is 25.4 Å². The van der Waals surface area contributed by atoms with Crippen LogP contribution in [0.4, 0.5) is 0 Å². The van der Waals surface area contributed by atoms with Gasteiger partial charge in [0, 0.05) is 82.1 Å². The highest BCUT2D eigenvalue weighted by molar-refractivity contribution is 4.76. The molecular formula is C36H79N3O6. The maximum absolute atomic E-state index is 5.01. The molecule has 3 aliphatic heterocycles. The molecule has 0 spiro atoms. The summed E-state index contributed by atoms with van der Waals surface area (Å²) in [7, 11) is 12.6. The van der Waals surface area contributed by atoms with Crippen molar-refractivity contribution in [2.24, 2.45) is 5.92 Å². The zero-order valence-electron chi connectivity index (χ0n) is 31.8. The van der Waals surface area contributed by atoms with Crippen molar-refractivity contribution in [2.45, 2.75) is 104 Å².